The van der Waals surface area contributed by atoms with Crippen LogP contribution in [0.4, 0.5) is 0 Å². The fourth-order valence-electron chi connectivity index (χ4n) is 1.69. The molecule has 0 aliphatic carbocycles. The summed E-state index contributed by atoms with van der Waals surface area (Å²) >= 11 is 0. The van der Waals surface area contributed by atoms with Gasteiger partial charge in [-0.05, 0) is 12.6 Å². The molecule has 1 unspecified atom stereocenters. The van der Waals surface area contributed by atoms with E-state index in [0.29, 0.717) is 0 Å². The topological polar surface area (TPSA) is 53.6 Å². The lowest BCUT2D eigenvalue weighted by atomic mass is 10.2. The highest BCUT2D eigenvalue weighted by atomic mass is 15.3. The first-order valence-electron chi connectivity index (χ1n) is 5.46. The Balaban J connectivity index is 2.12. The van der Waals surface area contributed by atoms with Crippen LogP contribution in [0.25, 0.3) is 0 Å². The van der Waals surface area contributed by atoms with Crippen molar-refractivity contribution in [1.29, 1.82) is 5.26 Å². The van der Waals surface area contributed by atoms with Crippen molar-refractivity contribution in [2.24, 2.45) is 0 Å². The van der Waals surface area contributed by atoms with Gasteiger partial charge in [0.2, 0.25) is 0 Å². The number of nitrogens with one attached hydrogen (secondary N) is 1. The Morgan fingerprint density at radius 3 is 2.82 bits per heavy atom. The molecule has 0 saturated carbocycles. The lowest BCUT2D eigenvalue weighted by molar-refractivity contribution is 0.681. The van der Waals surface area contributed by atoms with Gasteiger partial charge in [-0.2, -0.15) is 10.4 Å². The van der Waals surface area contributed by atoms with Crippen molar-refractivity contribution >= 4 is 0 Å². The molecule has 1 aromatic heterocycles. The summed E-state index contributed by atoms with van der Waals surface area (Å²) in [4.78, 5) is 0. The summed E-state index contributed by atoms with van der Waals surface area (Å²) in [6.45, 7) is 0.725. The predicted octanol–water partition coefficient (Wildman–Crippen LogP) is 1.72. The van der Waals surface area contributed by atoms with Gasteiger partial charge in [0.1, 0.15) is 6.04 Å². The maximum atomic E-state index is 8.93. The summed E-state index contributed by atoms with van der Waals surface area (Å²) in [5, 5.41) is 16.1. The van der Waals surface area contributed by atoms with Crippen molar-refractivity contribution in [2.45, 2.75) is 12.6 Å². The van der Waals surface area contributed by atoms with Crippen LogP contribution in [0.5, 0.6) is 0 Å². The molecule has 1 N–H and O–H groups in total. The average molecular weight is 226 g/mol. The smallest absolute Gasteiger partial charge is 0.124 e. The number of benzene rings is 1. The minimum Gasteiger partial charge on any atom is -0.301 e. The highest BCUT2D eigenvalue weighted by Gasteiger charge is 2.09. The first kappa shape index (κ1) is 11.4. The van der Waals surface area contributed by atoms with Gasteiger partial charge in [0.25, 0.3) is 0 Å². The maximum Gasteiger partial charge on any atom is 0.124 e. The summed E-state index contributed by atoms with van der Waals surface area (Å²) in [7, 11) is 1.77. The second-order valence-electron chi connectivity index (χ2n) is 3.81. The second kappa shape index (κ2) is 5.28. The molecule has 4 heteroatoms. The molecule has 1 heterocycles. The normalized spacial score (nSPS) is 12.0. The zero-order valence-electron chi connectivity index (χ0n) is 9.67. The van der Waals surface area contributed by atoms with Gasteiger partial charge >= 0.3 is 0 Å². The molecule has 17 heavy (non-hydrogen) atoms. The summed E-state index contributed by atoms with van der Waals surface area (Å²) in [5.74, 6) is 0. The third-order valence-corrected chi connectivity index (χ3v) is 2.59. The zero-order valence-corrected chi connectivity index (χ0v) is 9.67. The number of nitrogens with zero attached hydrogens (tertiary/aromatic N) is 3. The van der Waals surface area contributed by atoms with E-state index < -0.39 is 0 Å². The Bertz CT molecular complexity index is 510. The van der Waals surface area contributed by atoms with Gasteiger partial charge in [0.15, 0.2) is 0 Å². The highest BCUT2D eigenvalue weighted by Crippen LogP contribution is 2.11. The van der Waals surface area contributed by atoms with Crippen molar-refractivity contribution < 1.29 is 0 Å². The summed E-state index contributed by atoms with van der Waals surface area (Å²) < 4.78 is 1.84. The van der Waals surface area contributed by atoms with Gasteiger partial charge in [0.05, 0.1) is 18.8 Å². The van der Waals surface area contributed by atoms with Crippen molar-refractivity contribution in [2.75, 3.05) is 7.05 Å². The molecule has 0 bridgehead atoms. The average Bonchev–Trinajstić information content (AvgIpc) is 2.81. The fraction of sp³-hybridized carbons (Fsp3) is 0.231. The van der Waals surface area contributed by atoms with E-state index in [1.807, 2.05) is 29.1 Å². The third-order valence-electron chi connectivity index (χ3n) is 2.59. The first-order chi connectivity index (χ1) is 8.33. The molecule has 0 radical (unpaired) electrons. The number of nitriles is 1. The molecule has 2 aromatic rings. The number of hydrogen-bond acceptors (Lipinski definition) is 3. The summed E-state index contributed by atoms with van der Waals surface area (Å²) in [6.07, 6.45) is 3.63. The third kappa shape index (κ3) is 2.71. The van der Waals surface area contributed by atoms with Gasteiger partial charge in [-0.3, -0.25) is 4.68 Å². The molecule has 0 spiro atoms. The number of hydrogen-bond donors (Lipinski definition) is 1. The van der Waals surface area contributed by atoms with E-state index in [1.165, 1.54) is 5.56 Å². The Kier molecular flexibility index (Phi) is 3.53. The van der Waals surface area contributed by atoms with Crippen molar-refractivity contribution in [3.63, 3.8) is 0 Å². The Labute approximate surface area is 100 Å². The van der Waals surface area contributed by atoms with Crippen LogP contribution >= 0.6 is 0 Å². The van der Waals surface area contributed by atoms with Crippen LogP contribution in [-0.4, -0.2) is 16.8 Å². The SMILES string of the molecule is CNC(C#N)c1cnn(Cc2ccccc2)c1. The number of aromatic nitrogens is 2. The highest BCUT2D eigenvalue weighted by molar-refractivity contribution is 5.19. The van der Waals surface area contributed by atoms with Crippen LogP contribution in [-0.2, 0) is 6.54 Å². The van der Waals surface area contributed by atoms with E-state index in [2.05, 4.69) is 28.6 Å². The van der Waals surface area contributed by atoms with E-state index in [0.717, 1.165) is 12.1 Å². The van der Waals surface area contributed by atoms with Crippen LogP contribution in [0.2, 0.25) is 0 Å². The lowest BCUT2D eigenvalue weighted by Crippen LogP contribution is -2.13. The quantitative estimate of drug-likeness (QED) is 0.863. The Morgan fingerprint density at radius 2 is 2.18 bits per heavy atom. The first-order valence-corrected chi connectivity index (χ1v) is 5.46. The molecule has 0 aliphatic heterocycles. The van der Waals surface area contributed by atoms with E-state index in [1.54, 1.807) is 13.2 Å². The largest absolute Gasteiger partial charge is 0.301 e. The molecular weight excluding hydrogens is 212 g/mol. The van der Waals surface area contributed by atoms with E-state index in [9.17, 15) is 0 Å². The monoisotopic (exact) mass is 226 g/mol. The molecule has 0 aliphatic rings. The van der Waals surface area contributed by atoms with Gasteiger partial charge in [0, 0.05) is 11.8 Å². The Hall–Kier alpha value is -2.12. The summed E-state index contributed by atoms with van der Waals surface area (Å²) in [5.41, 5.74) is 2.09. The number of rotatable bonds is 4. The minimum absolute atomic E-state index is 0.292. The van der Waals surface area contributed by atoms with Gasteiger partial charge in [-0.1, -0.05) is 30.3 Å². The van der Waals surface area contributed by atoms with Crippen molar-refractivity contribution in [3.05, 3.63) is 53.9 Å². The van der Waals surface area contributed by atoms with Crippen LogP contribution in [0.3, 0.4) is 0 Å². The van der Waals surface area contributed by atoms with Crippen molar-refractivity contribution in [1.82, 2.24) is 15.1 Å². The van der Waals surface area contributed by atoms with Crippen molar-refractivity contribution in [3.8, 4) is 6.07 Å². The molecule has 0 amide bonds. The minimum atomic E-state index is -0.292. The van der Waals surface area contributed by atoms with Crippen LogP contribution in [0, 0.1) is 11.3 Å². The maximum absolute atomic E-state index is 8.93. The molecular formula is C13H14N4. The van der Waals surface area contributed by atoms with Gasteiger partial charge in [-0.15, -0.1) is 0 Å². The molecule has 2 rings (SSSR count). The lowest BCUT2D eigenvalue weighted by Gasteiger charge is -2.03. The zero-order chi connectivity index (χ0) is 12.1. The second-order valence-corrected chi connectivity index (χ2v) is 3.81. The molecule has 86 valence electrons. The molecule has 0 fully saturated rings. The molecule has 1 atom stereocenters. The molecule has 1 aromatic carbocycles. The van der Waals surface area contributed by atoms with Gasteiger partial charge in [-0.25, -0.2) is 0 Å². The van der Waals surface area contributed by atoms with Crippen LogP contribution in [0.1, 0.15) is 17.2 Å². The van der Waals surface area contributed by atoms with E-state index in [4.69, 9.17) is 5.26 Å². The molecule has 0 saturated heterocycles. The fourth-order valence-corrected chi connectivity index (χ4v) is 1.69. The van der Waals surface area contributed by atoms with Crippen LogP contribution < -0.4 is 5.32 Å². The standard InChI is InChI=1S/C13H14N4/c1-15-13(7-14)12-8-16-17(10-12)9-11-5-3-2-4-6-11/h2-6,8,10,13,15H,9H2,1H3. The Morgan fingerprint density at radius 1 is 1.41 bits per heavy atom. The van der Waals surface area contributed by atoms with E-state index >= 15 is 0 Å². The molecule has 4 nitrogen and oxygen atoms in total. The predicted molar refractivity (Wildman–Crippen MR) is 65.2 cm³/mol. The van der Waals surface area contributed by atoms with Crippen LogP contribution in [0.15, 0.2) is 42.7 Å². The summed E-state index contributed by atoms with van der Waals surface area (Å²) in [6, 6.07) is 12.0. The van der Waals surface area contributed by atoms with E-state index in [-0.39, 0.29) is 6.04 Å². The van der Waals surface area contributed by atoms with Gasteiger partial charge < -0.3 is 5.32 Å².